The lowest BCUT2D eigenvalue weighted by molar-refractivity contribution is 0.881. The van der Waals surface area contributed by atoms with Crippen molar-refractivity contribution in [2.75, 3.05) is 5.32 Å². The molecular formula is C10H7Cl3N8. The Hall–Kier alpha value is -2.03. The minimum Gasteiger partial charge on any atom is -0.323 e. The lowest BCUT2D eigenvalue weighted by Gasteiger charge is -2.06. The summed E-state index contributed by atoms with van der Waals surface area (Å²) in [6.45, 7) is 0. The number of aromatic amines is 1. The molecule has 0 spiro atoms. The van der Waals surface area contributed by atoms with Gasteiger partial charge in [-0.2, -0.15) is 15.0 Å². The quantitative estimate of drug-likeness (QED) is 0.735. The van der Waals surface area contributed by atoms with Gasteiger partial charge < -0.3 is 5.32 Å². The molecule has 0 amide bonds. The highest BCUT2D eigenvalue weighted by Crippen LogP contribution is 2.23. The summed E-state index contributed by atoms with van der Waals surface area (Å²) < 4.78 is 0. The van der Waals surface area contributed by atoms with E-state index in [9.17, 15) is 0 Å². The summed E-state index contributed by atoms with van der Waals surface area (Å²) in [6, 6.07) is 7.18. The molecule has 21 heavy (non-hydrogen) atoms. The third-order valence-corrected chi connectivity index (χ3v) is 2.64. The van der Waals surface area contributed by atoms with Crippen molar-refractivity contribution in [1.29, 1.82) is 0 Å². The summed E-state index contributed by atoms with van der Waals surface area (Å²) in [5.74, 6) is 0.248. The fraction of sp³-hybridized carbons (Fsp3) is 0. The molecule has 0 fully saturated rings. The van der Waals surface area contributed by atoms with E-state index in [0.29, 0.717) is 10.7 Å². The lowest BCUT2D eigenvalue weighted by atomic mass is 10.3. The van der Waals surface area contributed by atoms with E-state index in [-0.39, 0.29) is 16.5 Å². The SMILES string of the molecule is Clc1nc(Cl)nc(Nc2ccccc2Cl)n1.c1nnn[nH]1. The lowest BCUT2D eigenvalue weighted by Crippen LogP contribution is -1.99. The number of hydrogen-bond acceptors (Lipinski definition) is 7. The normalized spacial score (nSPS) is 9.67. The van der Waals surface area contributed by atoms with Crippen LogP contribution in [0.25, 0.3) is 0 Å². The average molecular weight is 346 g/mol. The molecule has 108 valence electrons. The van der Waals surface area contributed by atoms with Crippen LogP contribution in [0.2, 0.25) is 15.6 Å². The summed E-state index contributed by atoms with van der Waals surface area (Å²) in [6.07, 6.45) is 1.40. The Balaban J connectivity index is 0.000000272. The second kappa shape index (κ2) is 7.67. The molecule has 0 unspecified atom stereocenters. The molecular weight excluding hydrogens is 339 g/mol. The highest BCUT2D eigenvalue weighted by atomic mass is 35.5. The van der Waals surface area contributed by atoms with Crippen molar-refractivity contribution in [2.24, 2.45) is 0 Å². The van der Waals surface area contributed by atoms with Gasteiger partial charge in [-0.3, -0.25) is 0 Å². The molecule has 0 atom stereocenters. The van der Waals surface area contributed by atoms with Gasteiger partial charge in [0, 0.05) is 0 Å². The fourth-order valence-electron chi connectivity index (χ4n) is 1.19. The van der Waals surface area contributed by atoms with Crippen molar-refractivity contribution in [3.05, 3.63) is 46.2 Å². The number of para-hydroxylation sites is 1. The highest BCUT2D eigenvalue weighted by Gasteiger charge is 2.05. The zero-order valence-electron chi connectivity index (χ0n) is 10.2. The largest absolute Gasteiger partial charge is 0.323 e. The van der Waals surface area contributed by atoms with E-state index in [2.05, 4.69) is 40.9 Å². The van der Waals surface area contributed by atoms with Crippen molar-refractivity contribution >= 4 is 46.4 Å². The van der Waals surface area contributed by atoms with E-state index in [1.807, 2.05) is 12.1 Å². The van der Waals surface area contributed by atoms with Crippen LogP contribution in [0.4, 0.5) is 11.6 Å². The smallest absolute Gasteiger partial charge is 0.232 e. The van der Waals surface area contributed by atoms with Crippen LogP contribution in [0.5, 0.6) is 0 Å². The number of rotatable bonds is 2. The van der Waals surface area contributed by atoms with Crippen molar-refractivity contribution < 1.29 is 0 Å². The van der Waals surface area contributed by atoms with Gasteiger partial charge in [-0.15, -0.1) is 5.10 Å². The first-order valence-electron chi connectivity index (χ1n) is 5.41. The molecule has 0 aliphatic carbocycles. The molecule has 1 aromatic carbocycles. The molecule has 0 saturated heterocycles. The summed E-state index contributed by atoms with van der Waals surface area (Å²) in [5, 5.41) is 15.6. The first-order valence-corrected chi connectivity index (χ1v) is 6.54. The highest BCUT2D eigenvalue weighted by molar-refractivity contribution is 6.33. The maximum Gasteiger partial charge on any atom is 0.232 e. The zero-order chi connectivity index (χ0) is 15.1. The molecule has 8 nitrogen and oxygen atoms in total. The average Bonchev–Trinajstić information content (AvgIpc) is 2.99. The first-order chi connectivity index (χ1) is 10.1. The van der Waals surface area contributed by atoms with Crippen LogP contribution >= 0.6 is 34.8 Å². The van der Waals surface area contributed by atoms with Crippen LogP contribution in [0.1, 0.15) is 0 Å². The molecule has 0 bridgehead atoms. The van der Waals surface area contributed by atoms with E-state index in [1.165, 1.54) is 6.33 Å². The van der Waals surface area contributed by atoms with Crippen LogP contribution in [-0.4, -0.2) is 35.6 Å². The number of halogens is 3. The number of hydrogen-bond donors (Lipinski definition) is 2. The Labute approximate surface area is 133 Å². The van der Waals surface area contributed by atoms with E-state index in [1.54, 1.807) is 12.1 Å². The molecule has 3 aromatic rings. The summed E-state index contributed by atoms with van der Waals surface area (Å²) in [5.41, 5.74) is 0.669. The monoisotopic (exact) mass is 344 g/mol. The molecule has 3 rings (SSSR count). The van der Waals surface area contributed by atoms with Gasteiger partial charge in [-0.25, -0.2) is 5.10 Å². The number of benzene rings is 1. The van der Waals surface area contributed by atoms with E-state index >= 15 is 0 Å². The Morgan fingerprint density at radius 3 is 2.19 bits per heavy atom. The summed E-state index contributed by atoms with van der Waals surface area (Å²) in [4.78, 5) is 11.4. The van der Waals surface area contributed by atoms with Crippen molar-refractivity contribution in [3.63, 3.8) is 0 Å². The van der Waals surface area contributed by atoms with Crippen molar-refractivity contribution in [1.82, 2.24) is 35.6 Å². The predicted octanol–water partition coefficient (Wildman–Crippen LogP) is 2.78. The van der Waals surface area contributed by atoms with Gasteiger partial charge in [0.05, 0.1) is 10.7 Å². The third kappa shape index (κ3) is 5.10. The standard InChI is InChI=1S/C9H5Cl3N4.CH2N4/c10-5-3-1-2-4-6(5)13-9-15-7(11)14-8(12)16-9;1-2-4-5-3-1/h1-4H,(H,13,14,15,16);1H,(H,2,3,4,5). The number of nitrogens with one attached hydrogen (secondary N) is 2. The minimum absolute atomic E-state index is 0.0227. The van der Waals surface area contributed by atoms with Crippen molar-refractivity contribution in [2.45, 2.75) is 0 Å². The van der Waals surface area contributed by atoms with Gasteiger partial charge >= 0.3 is 0 Å². The second-order valence-electron chi connectivity index (χ2n) is 3.37. The summed E-state index contributed by atoms with van der Waals surface area (Å²) >= 11 is 17.2. The van der Waals surface area contributed by atoms with Crippen LogP contribution in [0, 0.1) is 0 Å². The van der Waals surface area contributed by atoms with Crippen LogP contribution in [0.15, 0.2) is 30.6 Å². The molecule has 2 aromatic heterocycles. The molecule has 0 aliphatic rings. The zero-order valence-corrected chi connectivity index (χ0v) is 12.5. The van der Waals surface area contributed by atoms with Gasteiger partial charge in [0.1, 0.15) is 6.33 Å². The minimum atomic E-state index is 0.0227. The molecule has 2 N–H and O–H groups in total. The van der Waals surface area contributed by atoms with E-state index in [4.69, 9.17) is 34.8 Å². The van der Waals surface area contributed by atoms with Crippen LogP contribution in [0.3, 0.4) is 0 Å². The number of H-pyrrole nitrogens is 1. The number of anilines is 2. The van der Waals surface area contributed by atoms with Crippen LogP contribution in [-0.2, 0) is 0 Å². The van der Waals surface area contributed by atoms with Gasteiger partial charge in [0.25, 0.3) is 0 Å². The molecule has 0 radical (unpaired) electrons. The van der Waals surface area contributed by atoms with E-state index < -0.39 is 0 Å². The molecule has 0 aliphatic heterocycles. The molecule has 2 heterocycles. The van der Waals surface area contributed by atoms with Crippen LogP contribution < -0.4 is 5.32 Å². The predicted molar refractivity (Wildman–Crippen MR) is 78.8 cm³/mol. The number of aromatic nitrogens is 7. The van der Waals surface area contributed by atoms with Gasteiger partial charge in [0.15, 0.2) is 0 Å². The number of nitrogens with zero attached hydrogens (tertiary/aromatic N) is 6. The Morgan fingerprint density at radius 2 is 1.67 bits per heavy atom. The Morgan fingerprint density at radius 1 is 0.952 bits per heavy atom. The first kappa shape index (κ1) is 15.4. The topological polar surface area (TPSA) is 105 Å². The summed E-state index contributed by atoms with van der Waals surface area (Å²) in [7, 11) is 0. The van der Waals surface area contributed by atoms with Crippen molar-refractivity contribution in [3.8, 4) is 0 Å². The molecule has 11 heteroatoms. The number of tetrazole rings is 1. The molecule has 0 saturated carbocycles. The Bertz CT molecular complexity index is 653. The fourth-order valence-corrected chi connectivity index (χ4v) is 1.74. The second-order valence-corrected chi connectivity index (χ2v) is 4.45. The van der Waals surface area contributed by atoms with E-state index in [0.717, 1.165) is 0 Å². The maximum absolute atomic E-state index is 5.95. The maximum atomic E-state index is 5.95. The third-order valence-electron chi connectivity index (χ3n) is 1.97. The van der Waals surface area contributed by atoms with Gasteiger partial charge in [-0.1, -0.05) is 23.7 Å². The van der Waals surface area contributed by atoms with Gasteiger partial charge in [-0.05, 0) is 45.8 Å². The van der Waals surface area contributed by atoms with Gasteiger partial charge in [0.2, 0.25) is 16.5 Å². The Kier molecular flexibility index (Phi) is 5.61.